The Balaban J connectivity index is 1.75. The van der Waals surface area contributed by atoms with Crippen LogP contribution in [0.25, 0.3) is 17.0 Å². The molecule has 11 heteroatoms. The molecule has 0 aliphatic heterocycles. The van der Waals surface area contributed by atoms with Crippen molar-refractivity contribution in [1.29, 1.82) is 0 Å². The van der Waals surface area contributed by atoms with Gasteiger partial charge in [0.25, 0.3) is 11.9 Å². The van der Waals surface area contributed by atoms with Crippen LogP contribution in [0, 0.1) is 0 Å². The van der Waals surface area contributed by atoms with Crippen LogP contribution in [0.2, 0.25) is 0 Å². The fraction of sp³-hybridized carbons (Fsp3) is 0.0556. The predicted molar refractivity (Wildman–Crippen MR) is 107 cm³/mol. The lowest BCUT2D eigenvalue weighted by Crippen LogP contribution is -2.34. The number of rotatable bonds is 6. The minimum absolute atomic E-state index is 0.0136. The zero-order chi connectivity index (χ0) is 20.4. The number of nitrogens with one attached hydrogen (secondary N) is 1. The summed E-state index contributed by atoms with van der Waals surface area (Å²) in [5.74, 6) is -0.194. The van der Waals surface area contributed by atoms with E-state index in [9.17, 15) is 14.8 Å². The van der Waals surface area contributed by atoms with E-state index in [1.54, 1.807) is 18.2 Å². The third-order valence-corrected chi connectivity index (χ3v) is 4.25. The van der Waals surface area contributed by atoms with Crippen molar-refractivity contribution in [3.8, 4) is 5.95 Å². The second-order valence-electron chi connectivity index (χ2n) is 6.23. The van der Waals surface area contributed by atoms with Gasteiger partial charge < -0.3 is 21.1 Å². The van der Waals surface area contributed by atoms with Crippen molar-refractivity contribution in [2.75, 3.05) is 5.32 Å². The van der Waals surface area contributed by atoms with Gasteiger partial charge in [-0.1, -0.05) is 41.6 Å². The van der Waals surface area contributed by atoms with Crippen molar-refractivity contribution < 1.29 is 14.8 Å². The summed E-state index contributed by atoms with van der Waals surface area (Å²) < 4.78 is 1.31. The molecule has 10 nitrogen and oxygen atoms in total. The molecule has 29 heavy (non-hydrogen) atoms. The summed E-state index contributed by atoms with van der Waals surface area (Å²) in [5.41, 5.74) is 7.38. The summed E-state index contributed by atoms with van der Waals surface area (Å²) in [7, 11) is -1.80. The minimum Gasteiger partial charge on any atom is -0.422 e. The van der Waals surface area contributed by atoms with Crippen molar-refractivity contribution in [1.82, 2.24) is 25.0 Å². The highest BCUT2D eigenvalue weighted by atomic mass is 16.4. The monoisotopic (exact) mass is 389 g/mol. The van der Waals surface area contributed by atoms with E-state index in [2.05, 4.69) is 25.6 Å². The summed E-state index contributed by atoms with van der Waals surface area (Å²) >= 11 is 0. The summed E-state index contributed by atoms with van der Waals surface area (Å²) in [6.07, 6.45) is 0. The number of benzene rings is 2. The molecule has 0 unspecified atom stereocenters. The number of anilines is 1. The van der Waals surface area contributed by atoms with Gasteiger partial charge in [0.05, 0.1) is 16.7 Å². The van der Waals surface area contributed by atoms with E-state index >= 15 is 0 Å². The number of carbonyl (C=O) groups is 1. The average Bonchev–Trinajstić information content (AvgIpc) is 3.17. The first-order valence-electron chi connectivity index (χ1n) is 8.70. The SMILES string of the molecule is NC(=O)c1cccc2c1nnn2-c1nc(NCc2ccccc2)cc(B(O)O)n1. The number of fused-ring (bicyclic) bond motifs is 1. The Labute approximate surface area is 165 Å². The Kier molecular flexibility index (Phi) is 4.89. The van der Waals surface area contributed by atoms with Crippen LogP contribution in [0.15, 0.2) is 54.6 Å². The maximum absolute atomic E-state index is 11.6. The van der Waals surface area contributed by atoms with Crippen LogP contribution >= 0.6 is 0 Å². The van der Waals surface area contributed by atoms with E-state index < -0.39 is 13.0 Å². The fourth-order valence-electron chi connectivity index (χ4n) is 2.85. The number of hydrogen-bond acceptors (Lipinski definition) is 8. The first kappa shape index (κ1) is 18.5. The van der Waals surface area contributed by atoms with Gasteiger partial charge in [0.1, 0.15) is 11.3 Å². The first-order valence-corrected chi connectivity index (χ1v) is 8.70. The van der Waals surface area contributed by atoms with E-state index in [1.165, 1.54) is 10.7 Å². The topological polar surface area (TPSA) is 152 Å². The molecule has 1 amide bonds. The van der Waals surface area contributed by atoms with E-state index in [4.69, 9.17) is 5.73 Å². The van der Waals surface area contributed by atoms with Gasteiger partial charge in [-0.15, -0.1) is 5.10 Å². The number of amides is 1. The predicted octanol–water partition coefficient (Wildman–Crippen LogP) is -0.399. The second-order valence-corrected chi connectivity index (χ2v) is 6.23. The third-order valence-electron chi connectivity index (χ3n) is 4.25. The molecule has 0 saturated heterocycles. The molecule has 2 aromatic carbocycles. The second kappa shape index (κ2) is 7.66. The lowest BCUT2D eigenvalue weighted by molar-refractivity contribution is 0.100. The number of nitrogens with two attached hydrogens (primary N) is 1. The van der Waals surface area contributed by atoms with Crippen LogP contribution in [0.1, 0.15) is 15.9 Å². The molecule has 5 N–H and O–H groups in total. The number of hydrogen-bond donors (Lipinski definition) is 4. The van der Waals surface area contributed by atoms with Gasteiger partial charge in [-0.25, -0.2) is 4.98 Å². The van der Waals surface area contributed by atoms with Crippen molar-refractivity contribution >= 4 is 35.5 Å². The molecule has 0 bridgehead atoms. The van der Waals surface area contributed by atoms with E-state index in [1.807, 2.05) is 30.3 Å². The molecule has 4 rings (SSSR count). The molecule has 0 atom stereocenters. The number of carbonyl (C=O) groups excluding carboxylic acids is 1. The number of primary amides is 1. The standard InChI is InChI=1S/C18H16BN7O3/c20-17(27)12-7-4-8-13-16(12)24-25-26(13)18-22-14(19(28)29)9-15(23-18)21-10-11-5-2-1-3-6-11/h1-9,28-29H,10H2,(H2,20,27)(H,21,22,23). The molecular formula is C18H16BN7O3. The van der Waals surface area contributed by atoms with Crippen LogP contribution in [0.4, 0.5) is 5.82 Å². The smallest absolute Gasteiger partial charge is 0.422 e. The Hall–Kier alpha value is -3.83. The quantitative estimate of drug-likeness (QED) is 0.325. The largest absolute Gasteiger partial charge is 0.508 e. The Bertz CT molecular complexity index is 1180. The van der Waals surface area contributed by atoms with Gasteiger partial charge >= 0.3 is 7.12 Å². The van der Waals surface area contributed by atoms with Gasteiger partial charge in [-0.05, 0) is 23.8 Å². The molecule has 0 aliphatic carbocycles. The van der Waals surface area contributed by atoms with Gasteiger partial charge in [-0.2, -0.15) is 9.67 Å². The van der Waals surface area contributed by atoms with Gasteiger partial charge in [-0.3, -0.25) is 4.79 Å². The van der Waals surface area contributed by atoms with Crippen LogP contribution in [-0.2, 0) is 6.54 Å². The highest BCUT2D eigenvalue weighted by Gasteiger charge is 2.20. The number of aromatic nitrogens is 5. The zero-order valence-electron chi connectivity index (χ0n) is 15.1. The highest BCUT2D eigenvalue weighted by molar-refractivity contribution is 6.57. The summed E-state index contributed by atoms with van der Waals surface area (Å²) in [6, 6.07) is 16.0. The molecule has 144 valence electrons. The van der Waals surface area contributed by atoms with E-state index in [-0.39, 0.29) is 17.1 Å². The molecular weight excluding hydrogens is 373 g/mol. The molecule has 0 radical (unpaired) electrons. The van der Waals surface area contributed by atoms with Gasteiger partial charge in [0.15, 0.2) is 0 Å². The van der Waals surface area contributed by atoms with Crippen molar-refractivity contribution in [3.05, 3.63) is 65.7 Å². The zero-order valence-corrected chi connectivity index (χ0v) is 15.1. The average molecular weight is 389 g/mol. The van der Waals surface area contributed by atoms with Gasteiger partial charge in [0, 0.05) is 6.54 Å². The van der Waals surface area contributed by atoms with Gasteiger partial charge in [0.2, 0.25) is 0 Å². The lowest BCUT2D eigenvalue weighted by atomic mass is 9.86. The lowest BCUT2D eigenvalue weighted by Gasteiger charge is -2.10. The third kappa shape index (κ3) is 3.77. The van der Waals surface area contributed by atoms with Crippen molar-refractivity contribution in [2.45, 2.75) is 6.54 Å². The molecule has 4 aromatic rings. The summed E-state index contributed by atoms with van der Waals surface area (Å²) in [5, 5.41) is 30.4. The normalized spacial score (nSPS) is 10.8. The summed E-state index contributed by atoms with van der Waals surface area (Å²) in [4.78, 5) is 20.2. The van der Waals surface area contributed by atoms with Crippen molar-refractivity contribution in [3.63, 3.8) is 0 Å². The van der Waals surface area contributed by atoms with Crippen LogP contribution < -0.4 is 16.6 Å². The minimum atomic E-state index is -1.80. The first-order chi connectivity index (χ1) is 14.0. The maximum Gasteiger partial charge on any atom is 0.508 e. The summed E-state index contributed by atoms with van der Waals surface area (Å²) in [6.45, 7) is 0.474. The molecule has 0 spiro atoms. The highest BCUT2D eigenvalue weighted by Crippen LogP contribution is 2.18. The van der Waals surface area contributed by atoms with E-state index in [0.717, 1.165) is 5.56 Å². The molecule has 0 aliphatic rings. The molecule has 2 heterocycles. The Morgan fingerprint density at radius 2 is 1.90 bits per heavy atom. The molecule has 0 saturated carbocycles. The van der Waals surface area contributed by atoms with Crippen molar-refractivity contribution in [2.24, 2.45) is 5.73 Å². The maximum atomic E-state index is 11.6. The van der Waals surface area contributed by atoms with Crippen LogP contribution in [0.3, 0.4) is 0 Å². The molecule has 0 fully saturated rings. The van der Waals surface area contributed by atoms with Crippen LogP contribution in [-0.4, -0.2) is 48.0 Å². The Morgan fingerprint density at radius 3 is 2.62 bits per heavy atom. The molecule has 2 aromatic heterocycles. The van der Waals surface area contributed by atoms with E-state index in [0.29, 0.717) is 23.4 Å². The number of nitrogens with zero attached hydrogens (tertiary/aromatic N) is 5. The van der Waals surface area contributed by atoms with Crippen LogP contribution in [0.5, 0.6) is 0 Å². The fourth-order valence-corrected chi connectivity index (χ4v) is 2.85. The Morgan fingerprint density at radius 1 is 1.10 bits per heavy atom.